The van der Waals surface area contributed by atoms with Gasteiger partial charge in [-0.05, 0) is 12.8 Å². The molecule has 0 atom stereocenters. The minimum Gasteiger partial charge on any atom is -0.342 e. The number of amides is 1. The van der Waals surface area contributed by atoms with Crippen molar-refractivity contribution >= 4 is 17.5 Å². The Bertz CT molecular complexity index is 730. The van der Waals surface area contributed by atoms with E-state index in [4.69, 9.17) is 11.6 Å². The minimum absolute atomic E-state index is 0.138. The van der Waals surface area contributed by atoms with Crippen molar-refractivity contribution in [1.82, 2.24) is 4.90 Å². The summed E-state index contributed by atoms with van der Waals surface area (Å²) in [5.74, 6) is 0.278. The van der Waals surface area contributed by atoms with E-state index in [9.17, 15) is 4.79 Å². The van der Waals surface area contributed by atoms with Crippen LogP contribution in [0.2, 0.25) is 0 Å². The highest BCUT2D eigenvalue weighted by Gasteiger charge is 2.11. The van der Waals surface area contributed by atoms with Crippen LogP contribution in [0.4, 0.5) is 0 Å². The standard InChI is InChI=1S/C58H116ClNO/c1-3-5-7-9-11-13-15-17-19-21-23-25-27-29-31-33-35-37-39-41-43-45-47-49-51-53-55-60(58(61)57-59)56-54-52-50-48-46-44-42-40-38-36-34-32-30-28-26-24-22-20-18-16-14-12-10-8-6-4-2/h3-57H2,1-2H3. The van der Waals surface area contributed by atoms with Crippen LogP contribution in [0, 0.1) is 0 Å². The molecule has 0 radical (unpaired) electrons. The summed E-state index contributed by atoms with van der Waals surface area (Å²) in [6, 6.07) is 0. The van der Waals surface area contributed by atoms with Gasteiger partial charge in [0.25, 0.3) is 0 Å². The van der Waals surface area contributed by atoms with E-state index in [1.165, 1.54) is 321 Å². The highest BCUT2D eigenvalue weighted by Crippen LogP contribution is 2.19. The highest BCUT2D eigenvalue weighted by atomic mass is 35.5. The molecule has 0 bridgehead atoms. The number of halogens is 1. The number of alkyl halides is 1. The molecule has 0 aromatic heterocycles. The smallest absolute Gasteiger partial charge is 0.237 e. The van der Waals surface area contributed by atoms with Gasteiger partial charge in [0, 0.05) is 13.1 Å². The quantitative estimate of drug-likeness (QED) is 0.0440. The molecule has 0 aromatic carbocycles. The summed E-state index contributed by atoms with van der Waals surface area (Å²) >= 11 is 5.98. The Balaban J connectivity index is 3.38. The third-order valence-electron chi connectivity index (χ3n) is 14.0. The van der Waals surface area contributed by atoms with Gasteiger partial charge in [-0.25, -0.2) is 0 Å². The van der Waals surface area contributed by atoms with E-state index in [1.807, 2.05) is 0 Å². The van der Waals surface area contributed by atoms with Crippen molar-refractivity contribution in [3.05, 3.63) is 0 Å². The van der Waals surface area contributed by atoms with Gasteiger partial charge in [-0.1, -0.05) is 335 Å². The zero-order chi connectivity index (χ0) is 44.0. The Kier molecular flexibility index (Phi) is 55.7. The maximum Gasteiger partial charge on any atom is 0.237 e. The molecule has 1 amide bonds. The second kappa shape index (κ2) is 55.9. The molecule has 0 saturated carbocycles. The van der Waals surface area contributed by atoms with Crippen molar-refractivity contribution in [2.24, 2.45) is 0 Å². The van der Waals surface area contributed by atoms with Crippen molar-refractivity contribution in [3.63, 3.8) is 0 Å². The third kappa shape index (κ3) is 52.3. The molecule has 0 heterocycles. The van der Waals surface area contributed by atoms with Gasteiger partial charge in [-0.15, -0.1) is 11.6 Å². The van der Waals surface area contributed by atoms with Gasteiger partial charge in [0.05, 0.1) is 0 Å². The SMILES string of the molecule is CCCCCCCCCCCCCCCCCCCCCCCCCCCCN(CCCCCCCCCCCCCCCCCCCCCCCCCCCC)C(=O)CCl. The van der Waals surface area contributed by atoms with E-state index in [2.05, 4.69) is 18.7 Å². The zero-order valence-corrected chi connectivity index (χ0v) is 43.4. The number of carbonyl (C=O) groups is 1. The maximum absolute atomic E-state index is 12.5. The van der Waals surface area contributed by atoms with Gasteiger partial charge in [-0.3, -0.25) is 4.79 Å². The van der Waals surface area contributed by atoms with Gasteiger partial charge >= 0.3 is 0 Å². The van der Waals surface area contributed by atoms with E-state index in [-0.39, 0.29) is 11.8 Å². The van der Waals surface area contributed by atoms with Crippen molar-refractivity contribution in [1.29, 1.82) is 0 Å². The summed E-state index contributed by atoms with van der Waals surface area (Å²) in [6.07, 6.45) is 74.1. The van der Waals surface area contributed by atoms with E-state index < -0.39 is 0 Å². The maximum atomic E-state index is 12.5. The molecule has 3 heteroatoms. The highest BCUT2D eigenvalue weighted by molar-refractivity contribution is 6.27. The number of carbonyl (C=O) groups excluding carboxylic acids is 1. The average Bonchev–Trinajstić information content (AvgIpc) is 3.27. The fourth-order valence-corrected chi connectivity index (χ4v) is 9.85. The molecule has 0 fully saturated rings. The van der Waals surface area contributed by atoms with E-state index in [1.54, 1.807) is 0 Å². The Morgan fingerprint density at radius 3 is 0.508 bits per heavy atom. The second-order valence-corrected chi connectivity index (χ2v) is 20.5. The number of rotatable bonds is 55. The molecule has 0 aliphatic carbocycles. The number of hydrogen-bond donors (Lipinski definition) is 0. The number of nitrogens with zero attached hydrogens (tertiary/aromatic N) is 1. The first-order valence-electron chi connectivity index (χ1n) is 29.1. The molecule has 0 N–H and O–H groups in total. The number of hydrogen-bond acceptors (Lipinski definition) is 1. The molecule has 0 aliphatic rings. The molecule has 0 unspecified atom stereocenters. The van der Waals surface area contributed by atoms with Crippen LogP contribution in [0.1, 0.15) is 348 Å². The zero-order valence-electron chi connectivity index (χ0n) is 42.6. The van der Waals surface area contributed by atoms with Gasteiger partial charge in [0.1, 0.15) is 5.88 Å². The Morgan fingerprint density at radius 1 is 0.246 bits per heavy atom. The van der Waals surface area contributed by atoms with E-state index in [0.717, 1.165) is 25.9 Å². The van der Waals surface area contributed by atoms with Crippen LogP contribution in [0.15, 0.2) is 0 Å². The van der Waals surface area contributed by atoms with Crippen LogP contribution in [0.5, 0.6) is 0 Å². The molecule has 0 spiro atoms. The molecule has 0 aromatic rings. The van der Waals surface area contributed by atoms with E-state index >= 15 is 0 Å². The normalized spacial score (nSPS) is 11.6. The summed E-state index contributed by atoms with van der Waals surface area (Å²) < 4.78 is 0. The van der Waals surface area contributed by atoms with Gasteiger partial charge < -0.3 is 4.90 Å². The Morgan fingerprint density at radius 2 is 0.377 bits per heavy atom. The van der Waals surface area contributed by atoms with Crippen LogP contribution >= 0.6 is 11.6 Å². The van der Waals surface area contributed by atoms with Crippen LogP contribution in [0.3, 0.4) is 0 Å². The lowest BCUT2D eigenvalue weighted by molar-refractivity contribution is -0.128. The van der Waals surface area contributed by atoms with Crippen LogP contribution in [-0.4, -0.2) is 29.8 Å². The van der Waals surface area contributed by atoms with Gasteiger partial charge in [0.2, 0.25) is 5.91 Å². The lowest BCUT2D eigenvalue weighted by atomic mass is 10.0. The molecule has 2 nitrogen and oxygen atoms in total. The molecule has 61 heavy (non-hydrogen) atoms. The minimum atomic E-state index is 0.138. The molecule has 0 rings (SSSR count). The fraction of sp³-hybridized carbons (Fsp3) is 0.983. The summed E-state index contributed by atoms with van der Waals surface area (Å²) in [5.41, 5.74) is 0. The Labute approximate surface area is 392 Å². The predicted molar refractivity (Wildman–Crippen MR) is 279 cm³/mol. The lowest BCUT2D eigenvalue weighted by Crippen LogP contribution is -2.33. The summed E-state index contributed by atoms with van der Waals surface area (Å²) in [6.45, 7) is 6.43. The van der Waals surface area contributed by atoms with Crippen molar-refractivity contribution in [3.8, 4) is 0 Å². The largest absolute Gasteiger partial charge is 0.342 e. The topological polar surface area (TPSA) is 20.3 Å². The van der Waals surface area contributed by atoms with Gasteiger partial charge in [0.15, 0.2) is 0 Å². The van der Waals surface area contributed by atoms with Gasteiger partial charge in [-0.2, -0.15) is 0 Å². The predicted octanol–water partition coefficient (Wildman–Crippen LogP) is 21.4. The first-order chi connectivity index (χ1) is 30.3. The third-order valence-corrected chi connectivity index (χ3v) is 14.3. The summed E-state index contributed by atoms with van der Waals surface area (Å²) in [4.78, 5) is 14.5. The number of unbranched alkanes of at least 4 members (excludes halogenated alkanes) is 50. The molecule has 0 aliphatic heterocycles. The summed E-state index contributed by atoms with van der Waals surface area (Å²) in [5, 5.41) is 0. The first kappa shape index (κ1) is 60.8. The van der Waals surface area contributed by atoms with Crippen LogP contribution < -0.4 is 0 Å². The van der Waals surface area contributed by atoms with E-state index in [0.29, 0.717) is 0 Å². The molecule has 0 saturated heterocycles. The average molecular weight is 879 g/mol. The monoisotopic (exact) mass is 878 g/mol. The molecular formula is C58H116ClNO. The fourth-order valence-electron chi connectivity index (χ4n) is 9.68. The van der Waals surface area contributed by atoms with Crippen molar-refractivity contribution < 1.29 is 4.79 Å². The lowest BCUT2D eigenvalue weighted by Gasteiger charge is -2.22. The summed E-state index contributed by atoms with van der Waals surface area (Å²) in [7, 11) is 0. The molecule has 366 valence electrons. The van der Waals surface area contributed by atoms with Crippen LogP contribution in [-0.2, 0) is 4.79 Å². The first-order valence-corrected chi connectivity index (χ1v) is 29.6. The second-order valence-electron chi connectivity index (χ2n) is 20.2. The van der Waals surface area contributed by atoms with Crippen molar-refractivity contribution in [2.45, 2.75) is 348 Å². The van der Waals surface area contributed by atoms with Crippen molar-refractivity contribution in [2.75, 3.05) is 19.0 Å². The van der Waals surface area contributed by atoms with Crippen LogP contribution in [0.25, 0.3) is 0 Å². The molecular weight excluding hydrogens is 762 g/mol. The Hall–Kier alpha value is -0.240.